The Hall–Kier alpha value is -2.37. The minimum atomic E-state index is -0.0567. The van der Waals surface area contributed by atoms with E-state index in [1.165, 1.54) is 77.0 Å². The summed E-state index contributed by atoms with van der Waals surface area (Å²) >= 11 is 0. The second-order valence-corrected chi connectivity index (χ2v) is 19.9. The summed E-state index contributed by atoms with van der Waals surface area (Å²) in [5, 5.41) is 9.32. The van der Waals surface area contributed by atoms with Gasteiger partial charge >= 0.3 is 51.2 Å². The van der Waals surface area contributed by atoms with Crippen LogP contribution in [0.3, 0.4) is 0 Å². The third kappa shape index (κ3) is 26.1. The third-order valence-corrected chi connectivity index (χ3v) is 14.6. The van der Waals surface area contributed by atoms with Gasteiger partial charge < -0.3 is 60.5 Å². The van der Waals surface area contributed by atoms with Gasteiger partial charge in [-0.15, -0.1) is 0 Å². The number of nitrogens with one attached hydrogen (secondary N) is 3. The van der Waals surface area contributed by atoms with Crippen molar-refractivity contribution >= 4 is 34.8 Å². The van der Waals surface area contributed by atoms with Gasteiger partial charge in [0.1, 0.15) is 0 Å². The summed E-state index contributed by atoms with van der Waals surface area (Å²) in [5.74, 6) is 3.79. The van der Waals surface area contributed by atoms with Crippen LogP contribution < -0.4 is 16.0 Å². The number of hydrogen-bond donors (Lipinski definition) is 3. The van der Waals surface area contributed by atoms with Crippen molar-refractivity contribution in [2.75, 3.05) is 16.0 Å². The van der Waals surface area contributed by atoms with Crippen LogP contribution in [0, 0.1) is 80.1 Å². The summed E-state index contributed by atoms with van der Waals surface area (Å²) in [6.07, 6.45) is 30.5. The van der Waals surface area contributed by atoms with Crippen molar-refractivity contribution in [1.29, 1.82) is 0 Å². The quantitative estimate of drug-likeness (QED) is 0.113. The van der Waals surface area contributed by atoms with Crippen molar-refractivity contribution in [2.45, 2.75) is 188 Å². The van der Waals surface area contributed by atoms with Crippen molar-refractivity contribution in [2.24, 2.45) is 35.5 Å². The first-order valence-electron chi connectivity index (χ1n) is 24.9. The van der Waals surface area contributed by atoms with E-state index in [0.717, 1.165) is 129 Å². The zero-order valence-electron chi connectivity index (χ0n) is 45.2. The number of benzene rings is 3. The van der Waals surface area contributed by atoms with Crippen LogP contribution in [0.1, 0.15) is 205 Å². The minimum Gasteiger partial charge on any atom is -0.358 e. The Bertz CT molecular complexity index is 1540. The first-order valence-corrected chi connectivity index (χ1v) is 24.9. The number of carbonyl (C=O) groups is 3. The summed E-state index contributed by atoms with van der Waals surface area (Å²) in [7, 11) is 0. The molecule has 6 fully saturated rings. The Labute approximate surface area is 471 Å². The molecule has 3 aromatic carbocycles. The van der Waals surface area contributed by atoms with Gasteiger partial charge in [0, 0.05) is 40.7 Å². The number of carbonyl (C=O) groups excluding carboxylic acids is 3. The molecular weight excluding hydrogens is 1000 g/mol. The maximum absolute atomic E-state index is 12.7. The summed E-state index contributed by atoms with van der Waals surface area (Å²) in [6.45, 7) is 7.02. The van der Waals surface area contributed by atoms with Crippen LogP contribution in [0.4, 0.5) is 17.1 Å². The molecule has 6 nitrogen and oxygen atoms in total. The second kappa shape index (κ2) is 41.9. The zero-order chi connectivity index (χ0) is 42.8. The van der Waals surface area contributed by atoms with E-state index < -0.39 is 0 Å². The van der Waals surface area contributed by atoms with Crippen LogP contribution in [0.25, 0.3) is 0 Å². The molecule has 406 valence electrons. The fraction of sp³-hybridized carbons (Fsp3) is 0.565. The largest absolute Gasteiger partial charge is 2.00 e. The number of anilines is 3. The van der Waals surface area contributed by atoms with Gasteiger partial charge in [0.25, 0.3) is 0 Å². The van der Waals surface area contributed by atoms with E-state index in [-0.39, 0.29) is 145 Å². The van der Waals surface area contributed by atoms with Crippen LogP contribution in [0.5, 0.6) is 0 Å². The number of amides is 3. The van der Waals surface area contributed by atoms with E-state index in [1.807, 2.05) is 36.4 Å². The third-order valence-electron chi connectivity index (χ3n) is 14.6. The Morgan fingerprint density at radius 3 is 0.662 bits per heavy atom. The molecule has 3 N–H and O–H groups in total. The van der Waals surface area contributed by atoms with Gasteiger partial charge in [-0.25, -0.2) is 0 Å². The number of rotatable bonds is 9. The predicted octanol–water partition coefficient (Wildman–Crippen LogP) is 18.2. The van der Waals surface area contributed by atoms with E-state index in [4.69, 9.17) is 0 Å². The van der Waals surface area contributed by atoms with Crippen molar-refractivity contribution in [3.8, 4) is 0 Å². The van der Waals surface area contributed by atoms with Crippen molar-refractivity contribution in [3.63, 3.8) is 0 Å². The van der Waals surface area contributed by atoms with Crippen LogP contribution in [0.2, 0.25) is 0 Å². The standard InChI is InChI=1S/C37H43N3O3.3C6H12.CH4.6CH3.3Fe/c41-35(28-7-1-2-8-28)38-31-19-13-25(14-20-31)34(26-15-21-32(22-16-26)39-36(42)29-9-3-4-10-29)27-17-23-33(24-18-27)40-37(43)30-11-5-6-12-30;3*1-6-4-2-3-5-6;;;;;;;;;;/h13-24,28-30,34H,1-12H2,(H,38,41)(H,39,42)(H,40,43);3*6H,2-5H2,1H3;1H4;6*1H3;;;/q;;;;;6*-1;3*+2. The van der Waals surface area contributed by atoms with E-state index in [0.29, 0.717) is 0 Å². The molecule has 0 atom stereocenters. The average Bonchev–Trinajstić information content (AvgIpc) is 4.13. The van der Waals surface area contributed by atoms with Crippen LogP contribution >= 0.6 is 0 Å². The summed E-state index contributed by atoms with van der Waals surface area (Å²) < 4.78 is 0. The Balaban J connectivity index is -0.000000438. The maximum Gasteiger partial charge on any atom is 2.00 e. The van der Waals surface area contributed by atoms with Crippen LogP contribution in [-0.4, -0.2) is 17.7 Å². The molecule has 6 saturated carbocycles. The molecule has 0 heterocycles. The normalized spacial score (nSPS) is 17.2. The van der Waals surface area contributed by atoms with Gasteiger partial charge in [-0.2, -0.15) is 0 Å². The Morgan fingerprint density at radius 1 is 0.338 bits per heavy atom. The molecule has 71 heavy (non-hydrogen) atoms. The molecule has 0 aromatic heterocycles. The molecular formula is C62H101Fe3N3O3. The molecule has 0 bridgehead atoms. The first kappa shape index (κ1) is 77.5. The summed E-state index contributed by atoms with van der Waals surface area (Å²) in [5.41, 5.74) is 5.75. The molecule has 0 aliphatic heterocycles. The fourth-order valence-corrected chi connectivity index (χ4v) is 10.5. The van der Waals surface area contributed by atoms with Crippen molar-refractivity contribution in [3.05, 3.63) is 134 Å². The first-order chi connectivity index (χ1) is 29.7. The van der Waals surface area contributed by atoms with E-state index >= 15 is 0 Å². The van der Waals surface area contributed by atoms with E-state index in [9.17, 15) is 14.4 Å². The van der Waals surface area contributed by atoms with Gasteiger partial charge in [0.15, 0.2) is 0 Å². The monoisotopic (exact) mass is 1100 g/mol. The molecule has 3 aromatic rings. The topological polar surface area (TPSA) is 87.3 Å². The average molecular weight is 1100 g/mol. The molecule has 9 rings (SSSR count). The molecule has 9 heteroatoms. The van der Waals surface area contributed by atoms with Crippen LogP contribution in [-0.2, 0) is 65.6 Å². The molecule has 0 radical (unpaired) electrons. The Morgan fingerprint density at radius 2 is 0.507 bits per heavy atom. The van der Waals surface area contributed by atoms with Crippen molar-refractivity contribution < 1.29 is 65.6 Å². The maximum atomic E-state index is 12.7. The fourth-order valence-electron chi connectivity index (χ4n) is 10.5. The second-order valence-electron chi connectivity index (χ2n) is 19.9. The number of hydrogen-bond acceptors (Lipinski definition) is 3. The smallest absolute Gasteiger partial charge is 0.358 e. The van der Waals surface area contributed by atoms with Crippen LogP contribution in [0.15, 0.2) is 72.8 Å². The van der Waals surface area contributed by atoms with Gasteiger partial charge in [0.05, 0.1) is 0 Å². The molecule has 3 amide bonds. The molecule has 6 aliphatic carbocycles. The van der Waals surface area contributed by atoms with Gasteiger partial charge in [-0.1, -0.05) is 180 Å². The van der Waals surface area contributed by atoms with Gasteiger partial charge in [-0.3, -0.25) is 14.4 Å². The molecule has 6 aliphatic rings. The Kier molecular flexibility index (Phi) is 45.8. The van der Waals surface area contributed by atoms with Crippen molar-refractivity contribution in [1.82, 2.24) is 0 Å². The van der Waals surface area contributed by atoms with E-state index in [2.05, 4.69) is 73.1 Å². The minimum absolute atomic E-state index is 0. The zero-order valence-corrected chi connectivity index (χ0v) is 48.5. The summed E-state index contributed by atoms with van der Waals surface area (Å²) in [4.78, 5) is 38.1. The van der Waals surface area contributed by atoms with E-state index in [1.54, 1.807) is 0 Å². The molecule has 0 unspecified atom stereocenters. The van der Waals surface area contributed by atoms with Gasteiger partial charge in [-0.05, 0) is 109 Å². The summed E-state index contributed by atoms with van der Waals surface area (Å²) in [6, 6.07) is 24.4. The molecule has 0 saturated heterocycles. The molecule has 0 spiro atoms. The SMILES string of the molecule is C.CC1CCCC1.CC1CCCC1.CC1CCCC1.O=C(Nc1ccc(C(c2ccc(NC(=O)C3CCCC3)cc2)c2ccc(NC(=O)C3CCCC3)cc2)cc1)C1CCCC1.[CH3-].[CH3-].[CH3-].[CH3-].[CH3-].[CH3-].[Fe+2].[Fe+2].[Fe+2]. The van der Waals surface area contributed by atoms with Gasteiger partial charge in [0.2, 0.25) is 17.7 Å². The predicted molar refractivity (Wildman–Crippen MR) is 300 cm³/mol.